The second kappa shape index (κ2) is 11.2. The quantitative estimate of drug-likeness (QED) is 0.279. The summed E-state index contributed by atoms with van der Waals surface area (Å²) in [6.45, 7) is 2.17. The van der Waals surface area contributed by atoms with Gasteiger partial charge in [0.15, 0.2) is 11.6 Å². The Morgan fingerprint density at radius 3 is 2.44 bits per heavy atom. The highest BCUT2D eigenvalue weighted by molar-refractivity contribution is 5.50. The van der Waals surface area contributed by atoms with Crippen LogP contribution in [0.25, 0.3) is 11.5 Å². The zero-order chi connectivity index (χ0) is 24.0. The summed E-state index contributed by atoms with van der Waals surface area (Å²) in [6.07, 6.45) is 3.24. The van der Waals surface area contributed by atoms with Gasteiger partial charge in [-0.25, -0.2) is 9.67 Å². The van der Waals surface area contributed by atoms with Crippen LogP contribution in [-0.2, 0) is 24.4 Å². The molecule has 0 aliphatic heterocycles. The Hall–Kier alpha value is -2.68. The van der Waals surface area contributed by atoms with Crippen LogP contribution in [0, 0.1) is 6.92 Å². The van der Waals surface area contributed by atoms with Crippen LogP contribution < -0.4 is 0 Å². The predicted molar refractivity (Wildman–Crippen MR) is 123 cm³/mol. The van der Waals surface area contributed by atoms with Crippen LogP contribution in [0.3, 0.4) is 0 Å². The maximum absolute atomic E-state index is 13.0. The third kappa shape index (κ3) is 6.68. The molecule has 184 valence electrons. The van der Waals surface area contributed by atoms with Gasteiger partial charge in [0, 0.05) is 24.8 Å². The maximum atomic E-state index is 13.0. The van der Waals surface area contributed by atoms with Crippen LogP contribution in [0.15, 0.2) is 36.4 Å². The standard InChI is InChI=1S/C25H32F3N5O/c1-19-16-22(30-33(19)18-25(26,27)28)24-29-23(21-12-7-2-3-8-13-21)31-32(24)14-9-15-34-17-20-10-5-4-6-11-20/h4-6,10-11,16,21H,2-3,7-9,12-15,17-18H2,1H3. The number of aromatic nitrogens is 5. The number of nitrogens with zero attached hydrogens (tertiary/aromatic N) is 5. The van der Waals surface area contributed by atoms with Crippen molar-refractivity contribution in [1.29, 1.82) is 0 Å². The molecule has 0 unspecified atom stereocenters. The Kier molecular flexibility index (Phi) is 8.03. The highest BCUT2D eigenvalue weighted by Crippen LogP contribution is 2.31. The monoisotopic (exact) mass is 475 g/mol. The second-order valence-corrected chi connectivity index (χ2v) is 9.04. The number of hydrogen-bond donors (Lipinski definition) is 0. The summed E-state index contributed by atoms with van der Waals surface area (Å²) in [5, 5.41) is 9.03. The van der Waals surface area contributed by atoms with Crippen LogP contribution in [0.2, 0.25) is 0 Å². The van der Waals surface area contributed by atoms with Crippen molar-refractivity contribution in [2.45, 2.75) is 83.7 Å². The fourth-order valence-corrected chi connectivity index (χ4v) is 4.45. The molecule has 3 aromatic rings. The minimum atomic E-state index is -4.33. The van der Waals surface area contributed by atoms with E-state index in [-0.39, 0.29) is 5.92 Å². The van der Waals surface area contributed by atoms with Gasteiger partial charge in [-0.1, -0.05) is 56.0 Å². The number of rotatable bonds is 9. The lowest BCUT2D eigenvalue weighted by Crippen LogP contribution is -2.19. The fraction of sp³-hybridized carbons (Fsp3) is 0.560. The first-order chi connectivity index (χ1) is 16.4. The van der Waals surface area contributed by atoms with E-state index in [0.717, 1.165) is 48.2 Å². The molecule has 34 heavy (non-hydrogen) atoms. The molecule has 9 heteroatoms. The zero-order valence-corrected chi connectivity index (χ0v) is 19.6. The lowest BCUT2D eigenvalue weighted by molar-refractivity contribution is -0.142. The minimum absolute atomic E-state index is 0.287. The van der Waals surface area contributed by atoms with Crippen molar-refractivity contribution in [3.8, 4) is 11.5 Å². The number of hydrogen-bond acceptors (Lipinski definition) is 4. The van der Waals surface area contributed by atoms with Crippen LogP contribution in [-0.4, -0.2) is 37.3 Å². The Labute approximate surface area is 198 Å². The average molecular weight is 476 g/mol. The van der Waals surface area contributed by atoms with Gasteiger partial charge in [-0.05, 0) is 37.8 Å². The molecule has 0 bridgehead atoms. The van der Waals surface area contributed by atoms with Gasteiger partial charge >= 0.3 is 6.18 Å². The molecule has 1 aliphatic rings. The van der Waals surface area contributed by atoms with E-state index in [9.17, 15) is 13.2 Å². The third-order valence-corrected chi connectivity index (χ3v) is 6.22. The molecule has 0 N–H and O–H groups in total. The number of halogens is 3. The highest BCUT2D eigenvalue weighted by Gasteiger charge is 2.30. The number of alkyl halides is 3. The molecule has 4 rings (SSSR count). The average Bonchev–Trinajstić information content (AvgIpc) is 3.25. The van der Waals surface area contributed by atoms with Crippen molar-refractivity contribution in [2.24, 2.45) is 0 Å². The molecule has 2 heterocycles. The van der Waals surface area contributed by atoms with Gasteiger partial charge < -0.3 is 4.74 Å². The van der Waals surface area contributed by atoms with Crippen molar-refractivity contribution in [1.82, 2.24) is 24.5 Å². The van der Waals surface area contributed by atoms with Crippen molar-refractivity contribution >= 4 is 0 Å². The van der Waals surface area contributed by atoms with Crippen LogP contribution >= 0.6 is 0 Å². The molecule has 6 nitrogen and oxygen atoms in total. The molecule has 1 aromatic carbocycles. The zero-order valence-electron chi connectivity index (χ0n) is 19.6. The molecule has 2 aromatic heterocycles. The second-order valence-electron chi connectivity index (χ2n) is 9.04. The SMILES string of the molecule is Cc1cc(-c2nc(C3CCCCCC3)nn2CCCOCc2ccccc2)nn1CC(F)(F)F. The molecular formula is C25H32F3N5O. The molecule has 0 atom stereocenters. The Morgan fingerprint density at radius 2 is 1.74 bits per heavy atom. The largest absolute Gasteiger partial charge is 0.408 e. The predicted octanol–water partition coefficient (Wildman–Crippen LogP) is 6.06. The summed E-state index contributed by atoms with van der Waals surface area (Å²) in [5.41, 5.74) is 1.99. The minimum Gasteiger partial charge on any atom is -0.377 e. The van der Waals surface area contributed by atoms with Crippen molar-refractivity contribution in [2.75, 3.05) is 6.61 Å². The maximum Gasteiger partial charge on any atom is 0.408 e. The summed E-state index contributed by atoms with van der Waals surface area (Å²) >= 11 is 0. The molecular weight excluding hydrogens is 443 g/mol. The molecule has 0 radical (unpaired) electrons. The van der Waals surface area contributed by atoms with E-state index in [0.29, 0.717) is 37.0 Å². The topological polar surface area (TPSA) is 57.8 Å². The van der Waals surface area contributed by atoms with Gasteiger partial charge in [0.25, 0.3) is 0 Å². The first-order valence-electron chi connectivity index (χ1n) is 12.1. The molecule has 0 spiro atoms. The van der Waals surface area contributed by atoms with Gasteiger partial charge in [-0.3, -0.25) is 4.68 Å². The molecule has 1 saturated carbocycles. The lowest BCUT2D eigenvalue weighted by atomic mass is 10.00. The molecule has 0 amide bonds. The molecule has 1 fully saturated rings. The summed E-state index contributed by atoms with van der Waals surface area (Å²) in [7, 11) is 0. The first-order valence-corrected chi connectivity index (χ1v) is 12.1. The van der Waals surface area contributed by atoms with Crippen molar-refractivity contribution < 1.29 is 17.9 Å². The normalized spacial score (nSPS) is 15.5. The van der Waals surface area contributed by atoms with E-state index in [1.807, 2.05) is 30.3 Å². The smallest absolute Gasteiger partial charge is 0.377 e. The molecule has 1 aliphatic carbocycles. The van der Waals surface area contributed by atoms with Crippen molar-refractivity contribution in [3.05, 3.63) is 53.5 Å². The van der Waals surface area contributed by atoms with Crippen LogP contribution in [0.5, 0.6) is 0 Å². The number of aryl methyl sites for hydroxylation is 2. The Morgan fingerprint density at radius 1 is 1.00 bits per heavy atom. The van der Waals surface area contributed by atoms with E-state index < -0.39 is 12.7 Å². The van der Waals surface area contributed by atoms with Gasteiger partial charge in [0.2, 0.25) is 0 Å². The first kappa shape index (κ1) is 24.4. The van der Waals surface area contributed by atoms with Crippen LogP contribution in [0.1, 0.15) is 67.9 Å². The van der Waals surface area contributed by atoms with Gasteiger partial charge in [0.1, 0.15) is 12.2 Å². The summed E-state index contributed by atoms with van der Waals surface area (Å²) in [4.78, 5) is 4.80. The molecule has 0 saturated heterocycles. The van der Waals surface area contributed by atoms with E-state index in [1.54, 1.807) is 17.7 Å². The Bertz CT molecular complexity index is 1040. The lowest BCUT2D eigenvalue weighted by Gasteiger charge is -2.09. The summed E-state index contributed by atoms with van der Waals surface area (Å²) < 4.78 is 47.4. The third-order valence-electron chi connectivity index (χ3n) is 6.22. The highest BCUT2D eigenvalue weighted by atomic mass is 19.4. The van der Waals surface area contributed by atoms with Crippen LogP contribution in [0.4, 0.5) is 13.2 Å². The number of benzene rings is 1. The van der Waals surface area contributed by atoms with Gasteiger partial charge in [-0.2, -0.15) is 23.4 Å². The van der Waals surface area contributed by atoms with E-state index in [4.69, 9.17) is 14.8 Å². The van der Waals surface area contributed by atoms with Gasteiger partial charge in [-0.15, -0.1) is 0 Å². The van der Waals surface area contributed by atoms with Crippen molar-refractivity contribution in [3.63, 3.8) is 0 Å². The fourth-order valence-electron chi connectivity index (χ4n) is 4.45. The Balaban J connectivity index is 1.49. The summed E-state index contributed by atoms with van der Waals surface area (Å²) in [5.74, 6) is 1.60. The van der Waals surface area contributed by atoms with E-state index in [2.05, 4.69) is 5.10 Å². The number of ether oxygens (including phenoxy) is 1. The summed E-state index contributed by atoms with van der Waals surface area (Å²) in [6, 6.07) is 11.6. The van der Waals surface area contributed by atoms with E-state index >= 15 is 0 Å². The van der Waals surface area contributed by atoms with E-state index in [1.165, 1.54) is 12.8 Å². The van der Waals surface area contributed by atoms with Gasteiger partial charge in [0.05, 0.1) is 6.61 Å².